The van der Waals surface area contributed by atoms with Crippen molar-refractivity contribution in [2.45, 2.75) is 63.5 Å². The number of carboxylic acid groups (broad SMARTS) is 2. The van der Waals surface area contributed by atoms with E-state index in [-0.39, 0.29) is 64.5 Å². The van der Waals surface area contributed by atoms with Gasteiger partial charge in [0.15, 0.2) is 34.9 Å². The maximum Gasteiger partial charge on any atom is 0.308 e. The van der Waals surface area contributed by atoms with Gasteiger partial charge in [-0.15, -0.1) is 0 Å². The third-order valence-corrected chi connectivity index (χ3v) is 12.6. The highest BCUT2D eigenvalue weighted by Gasteiger charge is 2.49. The molecule has 8 N–H and O–H groups in total. The molecule has 15 nitrogen and oxygen atoms in total. The van der Waals surface area contributed by atoms with Crippen molar-refractivity contribution in [3.05, 3.63) is 72.6 Å². The van der Waals surface area contributed by atoms with Gasteiger partial charge < -0.3 is 36.3 Å². The second-order valence-electron chi connectivity index (χ2n) is 15.7. The zero-order chi connectivity index (χ0) is 40.2. The number of nitrogens with one attached hydrogen (secondary N) is 4. The topological polar surface area (TPSA) is 239 Å². The predicted molar refractivity (Wildman–Crippen MR) is 206 cm³/mol. The summed E-state index contributed by atoms with van der Waals surface area (Å²) in [5.41, 5.74) is 1.93. The Balaban J connectivity index is 0.000000161. The molecule has 6 fully saturated rings. The Hall–Kier alpha value is -6.24. The molecule has 4 atom stereocenters. The lowest BCUT2D eigenvalue weighted by molar-refractivity contribution is -0.149. The molecule has 0 unspecified atom stereocenters. The molecule has 59 heavy (non-hydrogen) atoms. The quantitative estimate of drug-likeness (QED) is 0.0919. The van der Waals surface area contributed by atoms with Gasteiger partial charge in [-0.2, -0.15) is 0 Å². The van der Waals surface area contributed by atoms with Crippen molar-refractivity contribution in [1.82, 2.24) is 39.9 Å². The van der Waals surface area contributed by atoms with E-state index in [0.29, 0.717) is 33.2 Å². The van der Waals surface area contributed by atoms with Crippen LogP contribution in [-0.2, 0) is 9.59 Å². The number of hydrogen-bond acceptors (Lipinski definition) is 10. The number of H-pyrrole nitrogens is 2. The van der Waals surface area contributed by atoms with Crippen LogP contribution in [0.3, 0.4) is 0 Å². The van der Waals surface area contributed by atoms with E-state index < -0.39 is 47.0 Å². The molecule has 19 heteroatoms. The smallest absolute Gasteiger partial charge is 0.308 e. The van der Waals surface area contributed by atoms with E-state index in [2.05, 4.69) is 50.5 Å². The molecule has 6 aromatic rings. The number of aromatic nitrogens is 8. The molecular weight excluding hydrogens is 776 g/mol. The summed E-state index contributed by atoms with van der Waals surface area (Å²) < 4.78 is 56.2. The highest BCUT2D eigenvalue weighted by molar-refractivity contribution is 5.92. The van der Waals surface area contributed by atoms with Crippen LogP contribution in [0, 0.1) is 58.8 Å². The van der Waals surface area contributed by atoms with Gasteiger partial charge >= 0.3 is 11.9 Å². The number of carbonyl (C=O) groups is 2. The molecule has 6 heterocycles. The number of rotatable bonds is 8. The molecule has 4 bridgehead atoms. The van der Waals surface area contributed by atoms with Crippen molar-refractivity contribution in [3.8, 4) is 22.8 Å². The maximum atomic E-state index is 14.5. The molecular formula is C40H40F4N10O5. The third-order valence-electron chi connectivity index (χ3n) is 12.6. The Labute approximate surface area is 332 Å². The van der Waals surface area contributed by atoms with Crippen LogP contribution in [0.25, 0.3) is 44.8 Å². The van der Waals surface area contributed by atoms with E-state index in [9.17, 15) is 37.4 Å². The number of nitrogens with zero attached hydrogens (tertiary/aromatic N) is 6. The van der Waals surface area contributed by atoms with Crippen LogP contribution in [-0.4, -0.2) is 79.6 Å². The number of carboxylic acids is 2. The minimum Gasteiger partial charge on any atom is -0.481 e. The largest absolute Gasteiger partial charge is 0.481 e. The number of halogens is 4. The number of pyridine rings is 2. The van der Waals surface area contributed by atoms with Gasteiger partial charge in [-0.3, -0.25) is 9.59 Å². The number of aromatic amines is 2. The summed E-state index contributed by atoms with van der Waals surface area (Å²) in [7, 11) is 0. The number of fused-ring (bicyclic) bond motifs is 8. The van der Waals surface area contributed by atoms with Crippen LogP contribution >= 0.6 is 0 Å². The van der Waals surface area contributed by atoms with Gasteiger partial charge in [0.05, 0.1) is 36.6 Å². The van der Waals surface area contributed by atoms with Crippen LogP contribution < -0.4 is 10.6 Å². The van der Waals surface area contributed by atoms with Gasteiger partial charge in [0.2, 0.25) is 0 Å². The van der Waals surface area contributed by atoms with Gasteiger partial charge in [-0.1, -0.05) is 0 Å². The molecule has 12 rings (SSSR count). The monoisotopic (exact) mass is 816 g/mol. The van der Waals surface area contributed by atoms with E-state index >= 15 is 0 Å². The molecule has 0 saturated heterocycles. The van der Waals surface area contributed by atoms with Crippen LogP contribution in [0.2, 0.25) is 0 Å². The fraction of sp³-hybridized carbons (Fsp3) is 0.400. The SMILES string of the molecule is O.O=C(O)[C@H]1C2CCC(CC2)[C@@H]1Nc1nc(-c2c[nH]c3ncc(F)cc23)ncc1F.O=C(O)[C@H]1C2CCC(CC2)[C@@H]1Nc1nc(-c2c[nH]c3ncc(F)cc23)ncc1F. The van der Waals surface area contributed by atoms with E-state index in [1.807, 2.05) is 0 Å². The molecule has 0 spiro atoms. The van der Waals surface area contributed by atoms with Crippen molar-refractivity contribution >= 4 is 45.6 Å². The first kappa shape index (κ1) is 39.6. The number of hydrogen-bond donors (Lipinski definition) is 6. The second-order valence-corrected chi connectivity index (χ2v) is 15.7. The van der Waals surface area contributed by atoms with Crippen LogP contribution in [0.15, 0.2) is 49.3 Å². The molecule has 6 aliphatic carbocycles. The van der Waals surface area contributed by atoms with E-state index in [1.54, 1.807) is 12.4 Å². The van der Waals surface area contributed by atoms with Crippen molar-refractivity contribution in [2.75, 3.05) is 10.6 Å². The Morgan fingerprint density at radius 1 is 0.576 bits per heavy atom. The highest BCUT2D eigenvalue weighted by Crippen LogP contribution is 2.48. The Kier molecular flexibility index (Phi) is 10.6. The normalized spacial score (nSPS) is 25.6. The molecule has 6 saturated carbocycles. The molecule has 6 aliphatic rings. The highest BCUT2D eigenvalue weighted by atomic mass is 19.1. The first-order valence-corrected chi connectivity index (χ1v) is 19.3. The third kappa shape index (κ3) is 7.38. The Morgan fingerprint density at radius 2 is 0.949 bits per heavy atom. The second kappa shape index (κ2) is 15.8. The molecule has 308 valence electrons. The zero-order valence-electron chi connectivity index (χ0n) is 31.3. The molecule has 0 amide bonds. The summed E-state index contributed by atoms with van der Waals surface area (Å²) in [5.74, 6) is -4.24. The summed E-state index contributed by atoms with van der Waals surface area (Å²) in [6, 6.07) is 1.88. The fourth-order valence-corrected chi connectivity index (χ4v) is 9.86. The summed E-state index contributed by atoms with van der Waals surface area (Å²) in [4.78, 5) is 54.2. The van der Waals surface area contributed by atoms with Gasteiger partial charge in [-0.25, -0.2) is 47.5 Å². The van der Waals surface area contributed by atoms with E-state index in [1.165, 1.54) is 12.1 Å². The van der Waals surface area contributed by atoms with Crippen molar-refractivity contribution < 1.29 is 42.8 Å². The van der Waals surface area contributed by atoms with Crippen molar-refractivity contribution in [1.29, 1.82) is 0 Å². The van der Waals surface area contributed by atoms with Crippen molar-refractivity contribution in [2.24, 2.45) is 35.5 Å². The first-order valence-electron chi connectivity index (χ1n) is 19.3. The summed E-state index contributed by atoms with van der Waals surface area (Å²) in [5, 5.41) is 26.5. The molecule has 0 aromatic carbocycles. The van der Waals surface area contributed by atoms with Crippen LogP contribution in [0.1, 0.15) is 51.4 Å². The van der Waals surface area contributed by atoms with E-state index in [4.69, 9.17) is 0 Å². The van der Waals surface area contributed by atoms with Gasteiger partial charge in [-0.05, 0) is 87.2 Å². The minimum absolute atomic E-state index is 0. The average molecular weight is 817 g/mol. The lowest BCUT2D eigenvalue weighted by Gasteiger charge is -2.47. The Bertz CT molecular complexity index is 2360. The number of anilines is 2. The van der Waals surface area contributed by atoms with Gasteiger partial charge in [0.1, 0.15) is 22.9 Å². The molecule has 0 aliphatic heterocycles. The zero-order valence-corrected chi connectivity index (χ0v) is 31.3. The summed E-state index contributed by atoms with van der Waals surface area (Å²) in [6.07, 6.45) is 14.8. The van der Waals surface area contributed by atoms with E-state index in [0.717, 1.165) is 76.2 Å². The lowest BCUT2D eigenvalue weighted by Crippen LogP contribution is -2.51. The van der Waals surface area contributed by atoms with Crippen LogP contribution in [0.4, 0.5) is 29.2 Å². The predicted octanol–water partition coefficient (Wildman–Crippen LogP) is 6.37. The summed E-state index contributed by atoms with van der Waals surface area (Å²) in [6.45, 7) is 0. The fourth-order valence-electron chi connectivity index (χ4n) is 9.86. The van der Waals surface area contributed by atoms with Crippen molar-refractivity contribution in [3.63, 3.8) is 0 Å². The molecule has 0 radical (unpaired) electrons. The first-order chi connectivity index (χ1) is 28.0. The maximum absolute atomic E-state index is 14.5. The number of aliphatic carboxylic acids is 2. The lowest BCUT2D eigenvalue weighted by atomic mass is 9.61. The minimum atomic E-state index is -0.857. The molecule has 6 aromatic heterocycles. The Morgan fingerprint density at radius 3 is 1.32 bits per heavy atom. The van der Waals surface area contributed by atoms with Gasteiger partial charge in [0.25, 0.3) is 0 Å². The standard InChI is InChI=1S/2C20H19F2N5O2.H2O/c2*21-11-5-12-13(7-24-17(12)23-6-11)18-25-8-14(22)19(27-18)26-16-10-3-1-9(2-4-10)15(16)20(28)29;/h2*5-10,15-16H,1-4H2,(H,23,24)(H,28,29)(H,25,26,27);1H2/t2*9?,10?,15-,16-;/m00./s1. The average Bonchev–Trinajstić information content (AvgIpc) is 3.84. The van der Waals surface area contributed by atoms with Gasteiger partial charge in [0, 0.05) is 46.4 Å². The summed E-state index contributed by atoms with van der Waals surface area (Å²) >= 11 is 0. The van der Waals surface area contributed by atoms with Crippen LogP contribution in [0.5, 0.6) is 0 Å².